The van der Waals surface area contributed by atoms with Gasteiger partial charge in [-0.15, -0.1) is 0 Å². The Morgan fingerprint density at radius 3 is 2.20 bits per heavy atom. The van der Waals surface area contributed by atoms with Crippen LogP contribution in [0.2, 0.25) is 0 Å². The molecule has 2 aromatic rings. The van der Waals surface area contributed by atoms with E-state index in [0.717, 1.165) is 23.1 Å². The van der Waals surface area contributed by atoms with Gasteiger partial charge in [-0.05, 0) is 42.0 Å². The van der Waals surface area contributed by atoms with Gasteiger partial charge in [0.2, 0.25) is 0 Å². The van der Waals surface area contributed by atoms with Crippen molar-refractivity contribution in [3.05, 3.63) is 65.4 Å². The normalized spacial score (nSPS) is 14.0. The van der Waals surface area contributed by atoms with E-state index in [4.69, 9.17) is 5.11 Å². The molecule has 3 rings (SSSR count). The van der Waals surface area contributed by atoms with Gasteiger partial charge in [0.15, 0.2) is 17.4 Å². The molecule has 0 radical (unpaired) electrons. The Morgan fingerprint density at radius 2 is 1.60 bits per heavy atom. The third-order valence-corrected chi connectivity index (χ3v) is 3.57. The van der Waals surface area contributed by atoms with Gasteiger partial charge in [-0.1, -0.05) is 0 Å². The summed E-state index contributed by atoms with van der Waals surface area (Å²) in [6.07, 6.45) is 1.07. The molecule has 0 atom stereocenters. The number of phenols is 2. The number of amides is 2. The predicted molar refractivity (Wildman–Crippen MR) is 83.4 cm³/mol. The largest absolute Gasteiger partial charge is 0.508 e. The number of nitrogens with zero attached hydrogens (tertiary/aromatic N) is 1. The van der Waals surface area contributed by atoms with Gasteiger partial charge >= 0.3 is 0 Å². The number of aromatic hydroxyl groups is 2. The predicted octanol–water partition coefficient (Wildman–Crippen LogP) is 2.24. The number of halogens is 2. The Bertz CT molecular complexity index is 871. The molecule has 8 heteroatoms. The third kappa shape index (κ3) is 3.27. The molecule has 2 amide bonds. The van der Waals surface area contributed by atoms with Crippen molar-refractivity contribution in [2.45, 2.75) is 6.54 Å². The highest BCUT2D eigenvalue weighted by atomic mass is 19.1. The number of hydrogen-bond donors (Lipinski definition) is 3. The number of hydrogen-bond acceptors (Lipinski definition) is 5. The monoisotopic (exact) mass is 346 g/mol. The molecular formula is C17H12F2N2O4. The number of benzene rings is 2. The fourth-order valence-corrected chi connectivity index (χ4v) is 2.34. The molecule has 0 saturated carbocycles. The molecule has 0 bridgehead atoms. The minimum atomic E-state index is -1.18. The highest BCUT2D eigenvalue weighted by Gasteiger charge is 2.31. The summed E-state index contributed by atoms with van der Waals surface area (Å²) >= 11 is 0. The van der Waals surface area contributed by atoms with Crippen LogP contribution in [0.25, 0.3) is 0 Å². The van der Waals surface area contributed by atoms with Crippen molar-refractivity contribution in [1.29, 1.82) is 0 Å². The van der Waals surface area contributed by atoms with E-state index in [9.17, 15) is 23.5 Å². The van der Waals surface area contributed by atoms with Gasteiger partial charge in [0, 0.05) is 11.8 Å². The van der Waals surface area contributed by atoms with Crippen LogP contribution in [-0.2, 0) is 16.1 Å². The number of carbonyl (C=O) groups is 2. The van der Waals surface area contributed by atoms with Crippen molar-refractivity contribution in [3.63, 3.8) is 0 Å². The lowest BCUT2D eigenvalue weighted by atomic mass is 10.2. The van der Waals surface area contributed by atoms with E-state index >= 15 is 0 Å². The molecule has 3 N–H and O–H groups in total. The van der Waals surface area contributed by atoms with Crippen molar-refractivity contribution in [2.75, 3.05) is 5.32 Å². The van der Waals surface area contributed by atoms with Crippen LogP contribution in [-0.4, -0.2) is 26.9 Å². The summed E-state index contributed by atoms with van der Waals surface area (Å²) in [5, 5.41) is 21.1. The van der Waals surface area contributed by atoms with Crippen LogP contribution >= 0.6 is 0 Å². The molecule has 2 aromatic carbocycles. The highest BCUT2D eigenvalue weighted by Crippen LogP contribution is 2.24. The minimum Gasteiger partial charge on any atom is -0.508 e. The molecule has 1 aliphatic heterocycles. The molecule has 0 spiro atoms. The fraction of sp³-hybridized carbons (Fsp3) is 0.0588. The van der Waals surface area contributed by atoms with Crippen molar-refractivity contribution in [2.24, 2.45) is 0 Å². The average Bonchev–Trinajstić information content (AvgIpc) is 2.82. The van der Waals surface area contributed by atoms with Gasteiger partial charge in [-0.25, -0.2) is 8.78 Å². The van der Waals surface area contributed by atoms with Crippen molar-refractivity contribution in [1.82, 2.24) is 4.90 Å². The van der Waals surface area contributed by atoms with Crippen molar-refractivity contribution < 1.29 is 28.6 Å². The van der Waals surface area contributed by atoms with E-state index in [0.29, 0.717) is 5.69 Å². The second-order valence-corrected chi connectivity index (χ2v) is 5.37. The minimum absolute atomic E-state index is 0.00425. The van der Waals surface area contributed by atoms with E-state index < -0.39 is 29.2 Å². The van der Waals surface area contributed by atoms with E-state index in [1.807, 2.05) is 0 Å². The first-order valence-corrected chi connectivity index (χ1v) is 7.15. The first kappa shape index (κ1) is 16.4. The summed E-state index contributed by atoms with van der Waals surface area (Å²) < 4.78 is 26.8. The maximum Gasteiger partial charge on any atom is 0.277 e. The summed E-state index contributed by atoms with van der Waals surface area (Å²) in [5.41, 5.74) is 0.498. The van der Waals surface area contributed by atoms with Gasteiger partial charge in [-0.2, -0.15) is 0 Å². The molecule has 0 aliphatic carbocycles. The average molecular weight is 346 g/mol. The van der Waals surface area contributed by atoms with Gasteiger partial charge in [0.1, 0.15) is 11.4 Å². The molecule has 25 heavy (non-hydrogen) atoms. The fourth-order valence-electron chi connectivity index (χ4n) is 2.34. The summed E-state index contributed by atoms with van der Waals surface area (Å²) in [5.74, 6) is -4.72. The lowest BCUT2D eigenvalue weighted by Gasteiger charge is -2.15. The lowest BCUT2D eigenvalue weighted by molar-refractivity contribution is -0.137. The molecule has 0 aromatic heterocycles. The van der Waals surface area contributed by atoms with Crippen LogP contribution < -0.4 is 5.32 Å². The Labute approximate surface area is 140 Å². The molecule has 1 aliphatic rings. The van der Waals surface area contributed by atoms with Gasteiger partial charge in [0.25, 0.3) is 11.8 Å². The van der Waals surface area contributed by atoms with E-state index in [-0.39, 0.29) is 23.6 Å². The number of carbonyl (C=O) groups excluding carboxylic acids is 2. The zero-order chi connectivity index (χ0) is 18.1. The molecule has 1 heterocycles. The van der Waals surface area contributed by atoms with E-state index in [1.54, 1.807) is 0 Å². The number of nitrogens with one attached hydrogen (secondary N) is 1. The van der Waals surface area contributed by atoms with Gasteiger partial charge in [0.05, 0.1) is 6.54 Å². The smallest absolute Gasteiger partial charge is 0.277 e. The van der Waals surface area contributed by atoms with Crippen LogP contribution in [0.1, 0.15) is 5.56 Å². The molecule has 128 valence electrons. The summed E-state index contributed by atoms with van der Waals surface area (Å²) in [6.45, 7) is -0.344. The zero-order valence-corrected chi connectivity index (χ0v) is 12.7. The molecular weight excluding hydrogens is 334 g/mol. The second-order valence-electron chi connectivity index (χ2n) is 5.37. The van der Waals surface area contributed by atoms with E-state index in [1.165, 1.54) is 24.3 Å². The second kappa shape index (κ2) is 6.23. The number of phenolic OH excluding ortho intramolecular Hbond substituents is 2. The Balaban J connectivity index is 1.76. The van der Waals surface area contributed by atoms with Crippen LogP contribution in [0.15, 0.2) is 48.2 Å². The maximum absolute atomic E-state index is 13.4. The Kier molecular flexibility index (Phi) is 4.10. The van der Waals surface area contributed by atoms with Crippen LogP contribution in [0.3, 0.4) is 0 Å². The molecule has 0 fully saturated rings. The van der Waals surface area contributed by atoms with Crippen molar-refractivity contribution in [3.8, 4) is 11.5 Å². The van der Waals surface area contributed by atoms with Crippen LogP contribution in [0.5, 0.6) is 11.5 Å². The topological polar surface area (TPSA) is 89.9 Å². The standard InChI is InChI=1S/C17H12F2N2O4/c18-12-5-9(6-13(19)16(12)24)8-21-15(23)7-14(17(21)25)20-10-1-3-11(22)4-2-10/h1-7,20,22,24H,8H2. The maximum atomic E-state index is 13.4. The quantitative estimate of drug-likeness (QED) is 0.584. The SMILES string of the molecule is O=C1C=C(Nc2ccc(O)cc2)C(=O)N1Cc1cc(F)c(O)c(F)c1. The summed E-state index contributed by atoms with van der Waals surface area (Å²) in [6, 6.07) is 7.55. The van der Waals surface area contributed by atoms with Gasteiger partial charge < -0.3 is 15.5 Å². The van der Waals surface area contributed by atoms with Gasteiger partial charge in [-0.3, -0.25) is 14.5 Å². The number of imide groups is 1. The third-order valence-electron chi connectivity index (χ3n) is 3.57. The van der Waals surface area contributed by atoms with E-state index in [2.05, 4.69) is 5.32 Å². The molecule has 0 saturated heterocycles. The molecule has 0 unspecified atom stereocenters. The number of anilines is 1. The highest BCUT2D eigenvalue weighted by molar-refractivity contribution is 6.17. The first-order valence-electron chi connectivity index (χ1n) is 7.15. The van der Waals surface area contributed by atoms with Crippen LogP contribution in [0.4, 0.5) is 14.5 Å². The van der Waals surface area contributed by atoms with Crippen molar-refractivity contribution >= 4 is 17.5 Å². The summed E-state index contributed by atoms with van der Waals surface area (Å²) in [7, 11) is 0. The lowest BCUT2D eigenvalue weighted by Crippen LogP contribution is -2.31. The molecule has 6 nitrogen and oxygen atoms in total. The first-order chi connectivity index (χ1) is 11.8. The van der Waals surface area contributed by atoms with Crippen LogP contribution in [0, 0.1) is 11.6 Å². The summed E-state index contributed by atoms with van der Waals surface area (Å²) in [4.78, 5) is 25.1. The Hall–Kier alpha value is -3.42. The number of rotatable bonds is 4. The zero-order valence-electron chi connectivity index (χ0n) is 12.7. The Morgan fingerprint density at radius 1 is 1.00 bits per heavy atom.